The molecule has 0 N–H and O–H groups in total. The molecular formula is C18H16F2N2O. The van der Waals surface area contributed by atoms with Gasteiger partial charge in [0.15, 0.2) is 0 Å². The van der Waals surface area contributed by atoms with Crippen LogP contribution in [-0.4, -0.2) is 22.2 Å². The van der Waals surface area contributed by atoms with Crippen LogP contribution in [0.15, 0.2) is 41.5 Å². The van der Waals surface area contributed by atoms with Crippen LogP contribution in [0.5, 0.6) is 0 Å². The molecule has 0 saturated heterocycles. The minimum Gasteiger partial charge on any atom is -0.317 e. The Hall–Kier alpha value is -2.30. The highest BCUT2D eigenvalue weighted by atomic mass is 19.1. The molecule has 0 bridgehead atoms. The fourth-order valence-corrected chi connectivity index (χ4v) is 3.72. The van der Waals surface area contributed by atoms with Crippen LogP contribution in [0.2, 0.25) is 0 Å². The Morgan fingerprint density at radius 1 is 1.00 bits per heavy atom. The largest absolute Gasteiger partial charge is 0.317 e. The van der Waals surface area contributed by atoms with E-state index in [0.717, 1.165) is 38.2 Å². The number of benzene rings is 1. The molecule has 1 spiro atoms. The number of amides is 1. The fraction of sp³-hybridized carbons (Fsp3) is 0.333. The van der Waals surface area contributed by atoms with Crippen molar-refractivity contribution in [3.63, 3.8) is 0 Å². The number of hydrogen-bond acceptors (Lipinski definition) is 2. The van der Waals surface area contributed by atoms with E-state index >= 15 is 0 Å². The summed E-state index contributed by atoms with van der Waals surface area (Å²) in [5.74, 6) is -0.699. The Morgan fingerprint density at radius 2 is 1.70 bits per heavy atom. The first-order valence-electron chi connectivity index (χ1n) is 7.87. The van der Waals surface area contributed by atoms with Gasteiger partial charge in [-0.2, -0.15) is 4.99 Å². The van der Waals surface area contributed by atoms with E-state index in [0.29, 0.717) is 17.0 Å². The standard InChI is InChI=1S/C18H16F2N2O/c19-14-8-13(9-15(20)10-14)12-4-5-16-21-17(23)18(22(16)11-12)6-2-1-3-7-18/h4-5,8-11H,1-3,6-7H2. The Labute approximate surface area is 133 Å². The molecule has 0 unspecified atom stereocenters. The summed E-state index contributed by atoms with van der Waals surface area (Å²) in [7, 11) is 0. The third-order valence-corrected chi connectivity index (χ3v) is 4.88. The van der Waals surface area contributed by atoms with Gasteiger partial charge in [-0.25, -0.2) is 8.78 Å². The SMILES string of the molecule is O=C1N=C2C=CC(c3cc(F)cc(F)c3)=CN2C12CCCCC2. The molecule has 1 amide bonds. The highest BCUT2D eigenvalue weighted by molar-refractivity contribution is 6.13. The second-order valence-electron chi connectivity index (χ2n) is 6.31. The van der Waals surface area contributed by atoms with E-state index in [1.165, 1.54) is 12.1 Å². The first-order valence-corrected chi connectivity index (χ1v) is 7.87. The number of fused-ring (bicyclic) bond motifs is 2. The molecule has 0 radical (unpaired) electrons. The zero-order chi connectivity index (χ0) is 16.0. The summed E-state index contributed by atoms with van der Waals surface area (Å²) in [5.41, 5.74) is 0.542. The molecule has 118 valence electrons. The van der Waals surface area contributed by atoms with Gasteiger partial charge in [-0.15, -0.1) is 0 Å². The van der Waals surface area contributed by atoms with Crippen molar-refractivity contribution in [3.8, 4) is 0 Å². The summed E-state index contributed by atoms with van der Waals surface area (Å²) >= 11 is 0. The minimum absolute atomic E-state index is 0.0974. The van der Waals surface area contributed by atoms with Crippen LogP contribution in [0, 0.1) is 11.6 Å². The first-order chi connectivity index (χ1) is 11.1. The highest BCUT2D eigenvalue weighted by Crippen LogP contribution is 2.41. The van der Waals surface area contributed by atoms with Crippen molar-refractivity contribution < 1.29 is 13.6 Å². The van der Waals surface area contributed by atoms with Gasteiger partial charge in [0, 0.05) is 12.3 Å². The van der Waals surface area contributed by atoms with Gasteiger partial charge < -0.3 is 4.90 Å². The number of rotatable bonds is 1. The lowest BCUT2D eigenvalue weighted by molar-refractivity contribution is -0.126. The van der Waals surface area contributed by atoms with E-state index in [1.54, 1.807) is 12.2 Å². The Morgan fingerprint density at radius 3 is 2.39 bits per heavy atom. The van der Waals surface area contributed by atoms with Crippen LogP contribution in [0.3, 0.4) is 0 Å². The summed E-state index contributed by atoms with van der Waals surface area (Å²) in [6.45, 7) is 0. The van der Waals surface area contributed by atoms with Crippen LogP contribution >= 0.6 is 0 Å². The number of nitrogens with zero attached hydrogens (tertiary/aromatic N) is 2. The van der Waals surface area contributed by atoms with Gasteiger partial charge in [-0.1, -0.05) is 19.3 Å². The average molecular weight is 314 g/mol. The number of aliphatic imine (C=N–C) groups is 1. The summed E-state index contributed by atoms with van der Waals surface area (Å²) in [6, 6.07) is 3.45. The maximum atomic E-state index is 13.5. The quantitative estimate of drug-likeness (QED) is 0.789. The lowest BCUT2D eigenvalue weighted by Gasteiger charge is -2.40. The van der Waals surface area contributed by atoms with Gasteiger partial charge in [0.05, 0.1) is 0 Å². The molecule has 0 atom stereocenters. The third kappa shape index (κ3) is 2.22. The molecule has 1 aromatic rings. The monoisotopic (exact) mass is 314 g/mol. The second kappa shape index (κ2) is 5.11. The zero-order valence-corrected chi connectivity index (χ0v) is 12.6. The van der Waals surface area contributed by atoms with Crippen LogP contribution in [0.4, 0.5) is 8.78 Å². The van der Waals surface area contributed by atoms with Crippen molar-refractivity contribution in [2.75, 3.05) is 0 Å². The van der Waals surface area contributed by atoms with Gasteiger partial charge in [-0.05, 0) is 48.3 Å². The molecule has 1 fully saturated rings. The average Bonchev–Trinajstić information content (AvgIpc) is 2.79. The molecule has 1 saturated carbocycles. The van der Waals surface area contributed by atoms with E-state index < -0.39 is 17.2 Å². The summed E-state index contributed by atoms with van der Waals surface area (Å²) < 4.78 is 27.0. The molecular weight excluding hydrogens is 298 g/mol. The lowest BCUT2D eigenvalue weighted by Crippen LogP contribution is -2.50. The van der Waals surface area contributed by atoms with Gasteiger partial charge >= 0.3 is 0 Å². The van der Waals surface area contributed by atoms with Crippen LogP contribution < -0.4 is 0 Å². The maximum absolute atomic E-state index is 13.5. The Bertz CT molecular complexity index is 753. The summed E-state index contributed by atoms with van der Waals surface area (Å²) in [6.07, 6.45) is 9.96. The first kappa shape index (κ1) is 14.3. The molecule has 0 aromatic heterocycles. The number of amidine groups is 1. The van der Waals surface area contributed by atoms with Crippen LogP contribution in [0.25, 0.3) is 5.57 Å². The predicted molar refractivity (Wildman–Crippen MR) is 83.6 cm³/mol. The van der Waals surface area contributed by atoms with E-state index in [1.807, 2.05) is 11.1 Å². The molecule has 3 nitrogen and oxygen atoms in total. The van der Waals surface area contributed by atoms with Gasteiger partial charge in [0.1, 0.15) is 23.0 Å². The highest BCUT2D eigenvalue weighted by Gasteiger charge is 2.49. The Kier molecular flexibility index (Phi) is 3.18. The molecule has 2 aliphatic heterocycles. The molecule has 1 aromatic carbocycles. The van der Waals surface area contributed by atoms with Crippen LogP contribution in [0.1, 0.15) is 37.7 Å². The van der Waals surface area contributed by atoms with E-state index in [-0.39, 0.29) is 5.91 Å². The normalized spacial score (nSPS) is 22.2. The van der Waals surface area contributed by atoms with Crippen molar-refractivity contribution >= 4 is 17.3 Å². The minimum atomic E-state index is -0.612. The van der Waals surface area contributed by atoms with Crippen molar-refractivity contribution in [3.05, 3.63) is 53.7 Å². The molecule has 23 heavy (non-hydrogen) atoms. The molecule has 2 heterocycles. The third-order valence-electron chi connectivity index (χ3n) is 4.88. The summed E-state index contributed by atoms with van der Waals surface area (Å²) in [5, 5.41) is 0. The smallest absolute Gasteiger partial charge is 0.273 e. The lowest BCUT2D eigenvalue weighted by atomic mass is 9.80. The summed E-state index contributed by atoms with van der Waals surface area (Å²) in [4.78, 5) is 18.5. The van der Waals surface area contributed by atoms with Crippen molar-refractivity contribution in [1.82, 2.24) is 4.90 Å². The molecule has 5 heteroatoms. The van der Waals surface area contributed by atoms with Gasteiger partial charge in [0.25, 0.3) is 5.91 Å². The van der Waals surface area contributed by atoms with Crippen LogP contribution in [-0.2, 0) is 4.79 Å². The van der Waals surface area contributed by atoms with E-state index in [9.17, 15) is 13.6 Å². The zero-order valence-electron chi connectivity index (χ0n) is 12.6. The topological polar surface area (TPSA) is 32.7 Å². The molecule has 3 aliphatic rings. The van der Waals surface area contributed by atoms with E-state index in [4.69, 9.17) is 0 Å². The van der Waals surface area contributed by atoms with Gasteiger partial charge in [0.2, 0.25) is 0 Å². The van der Waals surface area contributed by atoms with Crippen molar-refractivity contribution in [2.45, 2.75) is 37.6 Å². The van der Waals surface area contributed by atoms with Crippen molar-refractivity contribution in [2.24, 2.45) is 4.99 Å². The number of halogens is 2. The number of hydrogen-bond donors (Lipinski definition) is 0. The van der Waals surface area contributed by atoms with Gasteiger partial charge in [-0.3, -0.25) is 4.79 Å². The van der Waals surface area contributed by atoms with E-state index in [2.05, 4.69) is 4.99 Å². The molecule has 1 aliphatic carbocycles. The number of allylic oxidation sites excluding steroid dienone is 2. The number of carbonyl (C=O) groups is 1. The molecule has 4 rings (SSSR count). The second-order valence-corrected chi connectivity index (χ2v) is 6.31. The Balaban J connectivity index is 1.76. The fourth-order valence-electron chi connectivity index (χ4n) is 3.72. The number of carbonyl (C=O) groups excluding carboxylic acids is 1. The maximum Gasteiger partial charge on any atom is 0.273 e. The van der Waals surface area contributed by atoms with Crippen molar-refractivity contribution in [1.29, 1.82) is 0 Å². The predicted octanol–water partition coefficient (Wildman–Crippen LogP) is 3.82.